The molecule has 196 valence electrons. The van der Waals surface area contributed by atoms with Gasteiger partial charge in [0.25, 0.3) is 0 Å². The molecule has 0 aliphatic heterocycles. The van der Waals surface area contributed by atoms with Gasteiger partial charge < -0.3 is 10.2 Å². The Morgan fingerprint density at radius 2 is 1.34 bits per heavy atom. The molecule has 5 heteroatoms. The number of carbonyl (C=O) groups excluding carboxylic acids is 1. The summed E-state index contributed by atoms with van der Waals surface area (Å²) in [6.45, 7) is 13.6. The van der Waals surface area contributed by atoms with Gasteiger partial charge in [-0.3, -0.25) is 14.4 Å². The van der Waals surface area contributed by atoms with Crippen LogP contribution in [0.5, 0.6) is 0 Å². The summed E-state index contributed by atoms with van der Waals surface area (Å²) in [6, 6.07) is 0. The molecule has 0 radical (unpaired) electrons. The van der Waals surface area contributed by atoms with E-state index in [1.807, 2.05) is 13.8 Å². The Hall–Kier alpha value is -1.39. The number of carbonyl (C=O) groups is 3. The van der Waals surface area contributed by atoms with Crippen molar-refractivity contribution in [3.63, 3.8) is 0 Å². The van der Waals surface area contributed by atoms with Crippen molar-refractivity contribution in [3.05, 3.63) is 0 Å². The van der Waals surface area contributed by atoms with Crippen molar-refractivity contribution in [2.45, 2.75) is 112 Å². The molecule has 3 unspecified atom stereocenters. The zero-order valence-corrected chi connectivity index (χ0v) is 22.7. The highest BCUT2D eigenvalue weighted by Gasteiger charge is 2.73. The standard InChI is InChI=1S/C30H46O5/c1-18-19(31)7-8-21-27(4)14-16-29(6)22-17-26(3,23(32)33)12-11-25(22,2)13-15-28(29,5)20(27)9-10-30(18,21)24(34)35/h18,20-22H,7-17H2,1-6H3,(H,32,33)(H,34,35)/t18-,20?,21?,22?,25+,26+,27+,28+,29-,30-/m0/s1. The number of carboxylic acid groups (broad SMARTS) is 2. The monoisotopic (exact) mass is 486 g/mol. The lowest BCUT2D eigenvalue weighted by molar-refractivity contribution is -0.259. The second kappa shape index (κ2) is 7.34. The van der Waals surface area contributed by atoms with Gasteiger partial charge in [-0.1, -0.05) is 34.6 Å². The number of rotatable bonds is 2. The Bertz CT molecular complexity index is 974. The summed E-state index contributed by atoms with van der Waals surface area (Å²) in [7, 11) is 0. The van der Waals surface area contributed by atoms with Gasteiger partial charge >= 0.3 is 11.9 Å². The molecule has 35 heavy (non-hydrogen) atoms. The quantitative estimate of drug-likeness (QED) is 0.459. The Morgan fingerprint density at radius 1 is 0.743 bits per heavy atom. The van der Waals surface area contributed by atoms with Gasteiger partial charge in [0.1, 0.15) is 5.78 Å². The van der Waals surface area contributed by atoms with E-state index in [0.29, 0.717) is 31.1 Å². The highest BCUT2D eigenvalue weighted by molar-refractivity contribution is 5.90. The van der Waals surface area contributed by atoms with Crippen molar-refractivity contribution in [2.24, 2.45) is 56.2 Å². The molecule has 2 N–H and O–H groups in total. The van der Waals surface area contributed by atoms with E-state index in [2.05, 4.69) is 27.7 Å². The first kappa shape index (κ1) is 25.3. The summed E-state index contributed by atoms with van der Waals surface area (Å²) >= 11 is 0. The predicted molar refractivity (Wildman–Crippen MR) is 134 cm³/mol. The normalized spacial score (nSPS) is 55.7. The van der Waals surface area contributed by atoms with Crippen molar-refractivity contribution in [2.75, 3.05) is 0 Å². The lowest BCUT2D eigenvalue weighted by atomic mass is 9.30. The molecular formula is C30H46O5. The van der Waals surface area contributed by atoms with Crippen LogP contribution in [0.15, 0.2) is 0 Å². The van der Waals surface area contributed by atoms with E-state index >= 15 is 0 Å². The van der Waals surface area contributed by atoms with Gasteiger partial charge in [-0.15, -0.1) is 0 Å². The topological polar surface area (TPSA) is 91.7 Å². The van der Waals surface area contributed by atoms with Crippen LogP contribution in [0.3, 0.4) is 0 Å². The molecule has 0 saturated heterocycles. The maximum atomic E-state index is 12.9. The molecule has 10 atom stereocenters. The minimum atomic E-state index is -0.930. The van der Waals surface area contributed by atoms with Crippen LogP contribution in [0, 0.1) is 56.2 Å². The van der Waals surface area contributed by atoms with Crippen molar-refractivity contribution in [3.8, 4) is 0 Å². The first-order valence-corrected chi connectivity index (χ1v) is 14.1. The van der Waals surface area contributed by atoms with E-state index in [1.54, 1.807) is 0 Å². The molecule has 5 nitrogen and oxygen atoms in total. The van der Waals surface area contributed by atoms with Gasteiger partial charge in [-0.05, 0) is 111 Å². The minimum Gasteiger partial charge on any atom is -0.481 e. The molecule has 0 aromatic carbocycles. The van der Waals surface area contributed by atoms with E-state index in [-0.39, 0.29) is 33.4 Å². The van der Waals surface area contributed by atoms with Crippen LogP contribution in [0.2, 0.25) is 0 Å². The van der Waals surface area contributed by atoms with Gasteiger partial charge in [0, 0.05) is 12.3 Å². The lowest BCUT2D eigenvalue weighted by Crippen LogP contribution is -2.69. The first-order valence-electron chi connectivity index (χ1n) is 14.1. The van der Waals surface area contributed by atoms with Crippen molar-refractivity contribution in [1.82, 2.24) is 0 Å². The number of hydrogen-bond acceptors (Lipinski definition) is 3. The van der Waals surface area contributed by atoms with Crippen LogP contribution < -0.4 is 0 Å². The molecule has 5 fully saturated rings. The number of carboxylic acids is 2. The van der Waals surface area contributed by atoms with Crippen LogP contribution in [0.4, 0.5) is 0 Å². The maximum Gasteiger partial charge on any atom is 0.310 e. The molecule has 5 aliphatic rings. The third-order valence-corrected chi connectivity index (χ3v) is 13.9. The van der Waals surface area contributed by atoms with Crippen LogP contribution in [-0.4, -0.2) is 27.9 Å². The van der Waals surface area contributed by atoms with Crippen LogP contribution in [-0.2, 0) is 14.4 Å². The number of fused-ring (bicyclic) bond motifs is 7. The average molecular weight is 487 g/mol. The van der Waals surface area contributed by atoms with Crippen LogP contribution >= 0.6 is 0 Å². The Kier molecular flexibility index (Phi) is 5.30. The van der Waals surface area contributed by atoms with Crippen molar-refractivity contribution in [1.29, 1.82) is 0 Å². The molecule has 0 bridgehead atoms. The number of ketones is 1. The fourth-order valence-corrected chi connectivity index (χ4v) is 11.3. The predicted octanol–water partition coefficient (Wildman–Crippen LogP) is 6.59. The molecular weight excluding hydrogens is 440 g/mol. The summed E-state index contributed by atoms with van der Waals surface area (Å²) < 4.78 is 0. The molecule has 5 rings (SSSR count). The minimum absolute atomic E-state index is 0.0317. The maximum absolute atomic E-state index is 12.9. The third-order valence-electron chi connectivity index (χ3n) is 13.9. The Balaban J connectivity index is 1.57. The molecule has 0 aromatic rings. The van der Waals surface area contributed by atoms with Crippen LogP contribution in [0.1, 0.15) is 112 Å². The third kappa shape index (κ3) is 2.90. The largest absolute Gasteiger partial charge is 0.481 e. The van der Waals surface area contributed by atoms with Gasteiger partial charge in [0.05, 0.1) is 10.8 Å². The van der Waals surface area contributed by atoms with E-state index in [9.17, 15) is 24.6 Å². The zero-order chi connectivity index (χ0) is 25.8. The second-order valence-electron chi connectivity index (χ2n) is 14.8. The van der Waals surface area contributed by atoms with Crippen molar-refractivity contribution < 1.29 is 24.6 Å². The highest BCUT2D eigenvalue weighted by atomic mass is 16.4. The SMILES string of the molecule is C[C@H]1C(=O)CCC2[C@]3(C)CC[C@@]4(C)C5C[C@](C)(C(=O)O)CC[C@]5(C)CC[C@]4(C)C3CC[C@@]21C(=O)O. The van der Waals surface area contributed by atoms with Gasteiger partial charge in [-0.25, -0.2) is 0 Å². The number of Topliss-reactive ketones (excluding diaryl/α,β-unsaturated/α-hetero) is 1. The Morgan fingerprint density at radius 3 is 1.97 bits per heavy atom. The second-order valence-corrected chi connectivity index (χ2v) is 14.8. The number of hydrogen-bond donors (Lipinski definition) is 2. The molecule has 0 heterocycles. The Labute approximate surface area is 210 Å². The van der Waals surface area contributed by atoms with E-state index in [1.165, 1.54) is 0 Å². The average Bonchev–Trinajstić information content (AvgIpc) is 2.79. The van der Waals surface area contributed by atoms with E-state index in [4.69, 9.17) is 0 Å². The zero-order valence-electron chi connectivity index (χ0n) is 22.7. The van der Waals surface area contributed by atoms with Gasteiger partial charge in [0.2, 0.25) is 0 Å². The lowest BCUT2D eigenvalue weighted by Gasteiger charge is -2.74. The van der Waals surface area contributed by atoms with Gasteiger partial charge in [0.15, 0.2) is 0 Å². The first-order chi connectivity index (χ1) is 16.1. The molecule has 5 saturated carbocycles. The fraction of sp³-hybridized carbons (Fsp3) is 0.900. The van der Waals surface area contributed by atoms with E-state index in [0.717, 1.165) is 51.4 Å². The molecule has 5 aliphatic carbocycles. The highest BCUT2D eigenvalue weighted by Crippen LogP contribution is 2.78. The molecule has 0 spiro atoms. The van der Waals surface area contributed by atoms with Crippen molar-refractivity contribution >= 4 is 17.7 Å². The summed E-state index contributed by atoms with van der Waals surface area (Å²) in [5.41, 5.74) is -1.41. The summed E-state index contributed by atoms with van der Waals surface area (Å²) in [6.07, 6.45) is 9.46. The molecule has 0 aromatic heterocycles. The van der Waals surface area contributed by atoms with Gasteiger partial charge in [-0.2, -0.15) is 0 Å². The summed E-state index contributed by atoms with van der Waals surface area (Å²) in [4.78, 5) is 37.9. The smallest absolute Gasteiger partial charge is 0.310 e. The fourth-order valence-electron chi connectivity index (χ4n) is 11.3. The summed E-state index contributed by atoms with van der Waals surface area (Å²) in [5.74, 6) is -0.893. The van der Waals surface area contributed by atoms with Crippen LogP contribution in [0.25, 0.3) is 0 Å². The molecule has 0 amide bonds. The summed E-state index contributed by atoms with van der Waals surface area (Å²) in [5, 5.41) is 20.7. The number of aliphatic carboxylic acids is 2. The van der Waals surface area contributed by atoms with E-state index < -0.39 is 28.7 Å².